The highest BCUT2D eigenvalue weighted by Crippen LogP contribution is 1.96. The second-order valence-corrected chi connectivity index (χ2v) is 5.23. The topological polar surface area (TPSA) is 75.7 Å². The highest BCUT2D eigenvalue weighted by Gasteiger charge is 2.21. The minimum atomic E-state index is -3.84. The van der Waals surface area contributed by atoms with Crippen LogP contribution in [0.15, 0.2) is 0 Å². The van der Waals surface area contributed by atoms with Gasteiger partial charge in [-0.3, -0.25) is 0 Å². The summed E-state index contributed by atoms with van der Waals surface area (Å²) in [6.07, 6.45) is -1.37. The van der Waals surface area contributed by atoms with Crippen molar-refractivity contribution in [3.05, 3.63) is 0 Å². The zero-order chi connectivity index (χ0) is 12.1. The molecular formula is C7H15ClN2O4S. The third-order valence-electron chi connectivity index (χ3n) is 1.36. The summed E-state index contributed by atoms with van der Waals surface area (Å²) in [4.78, 5) is 11.0. The van der Waals surface area contributed by atoms with E-state index in [9.17, 15) is 13.2 Å². The maximum absolute atomic E-state index is 11.4. The second-order valence-electron chi connectivity index (χ2n) is 3.07. The molecule has 0 aromatic rings. The summed E-state index contributed by atoms with van der Waals surface area (Å²) >= 11 is 5.37. The molecule has 0 aromatic heterocycles. The minimum absolute atomic E-state index is 0.117. The van der Waals surface area contributed by atoms with Gasteiger partial charge in [-0.05, 0) is 13.8 Å². The van der Waals surface area contributed by atoms with Crippen LogP contribution in [0.2, 0.25) is 0 Å². The Bertz CT molecular complexity index is 304. The molecule has 0 saturated heterocycles. The van der Waals surface area contributed by atoms with Crippen molar-refractivity contribution in [2.24, 2.45) is 0 Å². The van der Waals surface area contributed by atoms with E-state index in [1.807, 2.05) is 0 Å². The van der Waals surface area contributed by atoms with Gasteiger partial charge in [0.05, 0.1) is 6.10 Å². The van der Waals surface area contributed by atoms with Gasteiger partial charge in [-0.2, -0.15) is 12.7 Å². The van der Waals surface area contributed by atoms with E-state index in [1.165, 1.54) is 7.05 Å². The van der Waals surface area contributed by atoms with Crippen LogP contribution in [0.25, 0.3) is 0 Å². The Morgan fingerprint density at radius 3 is 2.47 bits per heavy atom. The minimum Gasteiger partial charge on any atom is -0.446 e. The number of hydrogen-bond acceptors (Lipinski definition) is 4. The molecule has 1 N–H and O–H groups in total. The normalized spacial score (nSPS) is 11.9. The summed E-state index contributed by atoms with van der Waals surface area (Å²) in [5.74, 6) is 0.149. The summed E-state index contributed by atoms with van der Waals surface area (Å²) in [6, 6.07) is 0. The lowest BCUT2D eigenvalue weighted by Gasteiger charge is -2.16. The largest absolute Gasteiger partial charge is 0.446 e. The number of nitrogens with one attached hydrogen (secondary N) is 1. The number of carbonyl (C=O) groups is 1. The summed E-state index contributed by atoms with van der Waals surface area (Å²) in [6.45, 7) is 3.36. The van der Waals surface area contributed by atoms with Crippen LogP contribution >= 0.6 is 11.6 Å². The van der Waals surface area contributed by atoms with E-state index in [4.69, 9.17) is 11.6 Å². The zero-order valence-corrected chi connectivity index (χ0v) is 10.4. The number of hydrogen-bond donors (Lipinski definition) is 1. The summed E-state index contributed by atoms with van der Waals surface area (Å²) in [5, 5.41) is 0. The molecule has 0 aliphatic heterocycles. The van der Waals surface area contributed by atoms with Gasteiger partial charge in [-0.15, -0.1) is 11.6 Å². The Balaban J connectivity index is 4.32. The van der Waals surface area contributed by atoms with Crippen molar-refractivity contribution in [2.75, 3.05) is 19.5 Å². The van der Waals surface area contributed by atoms with E-state index < -0.39 is 16.3 Å². The lowest BCUT2D eigenvalue weighted by molar-refractivity contribution is 0.121. The number of amides is 1. The Labute approximate surface area is 94.7 Å². The number of rotatable bonds is 5. The van der Waals surface area contributed by atoms with Crippen LogP contribution in [0.1, 0.15) is 13.8 Å². The van der Waals surface area contributed by atoms with Gasteiger partial charge < -0.3 is 4.74 Å². The fourth-order valence-electron chi connectivity index (χ4n) is 0.661. The predicted molar refractivity (Wildman–Crippen MR) is 57.0 cm³/mol. The van der Waals surface area contributed by atoms with Crippen molar-refractivity contribution >= 4 is 27.9 Å². The second kappa shape index (κ2) is 6.14. The summed E-state index contributed by atoms with van der Waals surface area (Å²) < 4.78 is 30.0. The Morgan fingerprint density at radius 2 is 2.07 bits per heavy atom. The maximum Gasteiger partial charge on any atom is 0.422 e. The molecule has 0 aromatic carbocycles. The molecule has 0 heterocycles. The van der Waals surface area contributed by atoms with Crippen LogP contribution < -0.4 is 4.72 Å². The van der Waals surface area contributed by atoms with Crippen LogP contribution in [-0.2, 0) is 14.9 Å². The molecule has 0 atom stereocenters. The number of ether oxygens (including phenoxy) is 1. The van der Waals surface area contributed by atoms with Crippen LogP contribution in [-0.4, -0.2) is 44.4 Å². The standard InChI is InChI=1S/C7H15ClN2O4S/c1-6(2)14-7(11)9-15(12,13)10(3)5-4-8/h6H,4-5H2,1-3H3,(H,9,11). The molecule has 6 nitrogen and oxygen atoms in total. The molecule has 8 heteroatoms. The average molecular weight is 259 g/mol. The quantitative estimate of drug-likeness (QED) is 0.730. The van der Waals surface area contributed by atoms with E-state index in [0.717, 1.165) is 4.31 Å². The van der Waals surface area contributed by atoms with E-state index in [1.54, 1.807) is 18.6 Å². The van der Waals surface area contributed by atoms with Gasteiger partial charge in [0, 0.05) is 19.5 Å². The van der Waals surface area contributed by atoms with Crippen molar-refractivity contribution in [3.63, 3.8) is 0 Å². The van der Waals surface area contributed by atoms with E-state index in [2.05, 4.69) is 4.74 Å². The molecule has 0 aliphatic carbocycles. The molecule has 0 fully saturated rings. The summed E-state index contributed by atoms with van der Waals surface area (Å²) in [5.41, 5.74) is 0. The van der Waals surface area contributed by atoms with Gasteiger partial charge in [0.2, 0.25) is 0 Å². The molecule has 15 heavy (non-hydrogen) atoms. The molecule has 0 radical (unpaired) electrons. The van der Waals surface area contributed by atoms with Gasteiger partial charge in [0.25, 0.3) is 0 Å². The number of nitrogens with zero attached hydrogens (tertiary/aromatic N) is 1. The number of halogens is 1. The Hall–Kier alpha value is -0.530. The third-order valence-corrected chi connectivity index (χ3v) is 2.96. The fraction of sp³-hybridized carbons (Fsp3) is 0.857. The van der Waals surface area contributed by atoms with Crippen molar-refractivity contribution in [1.29, 1.82) is 0 Å². The van der Waals surface area contributed by atoms with Crippen molar-refractivity contribution in [3.8, 4) is 0 Å². The molecule has 0 saturated carbocycles. The van der Waals surface area contributed by atoms with Crippen LogP contribution in [0, 0.1) is 0 Å². The predicted octanol–water partition coefficient (Wildman–Crippen LogP) is 0.536. The highest BCUT2D eigenvalue weighted by atomic mass is 35.5. The monoisotopic (exact) mass is 258 g/mol. The van der Waals surface area contributed by atoms with Gasteiger partial charge in [0.15, 0.2) is 0 Å². The number of alkyl halides is 1. The number of carbonyl (C=O) groups excluding carboxylic acids is 1. The van der Waals surface area contributed by atoms with Gasteiger partial charge >= 0.3 is 16.3 Å². The first kappa shape index (κ1) is 14.5. The lowest BCUT2D eigenvalue weighted by Crippen LogP contribution is -2.43. The summed E-state index contributed by atoms with van der Waals surface area (Å²) in [7, 11) is -2.53. The Kier molecular flexibility index (Phi) is 5.92. The molecule has 1 amide bonds. The average Bonchev–Trinajstić information content (AvgIpc) is 2.01. The molecule has 0 rings (SSSR count). The van der Waals surface area contributed by atoms with Crippen molar-refractivity contribution in [2.45, 2.75) is 20.0 Å². The van der Waals surface area contributed by atoms with E-state index in [0.29, 0.717) is 0 Å². The molecule has 0 spiro atoms. The van der Waals surface area contributed by atoms with E-state index >= 15 is 0 Å². The van der Waals surface area contributed by atoms with E-state index in [-0.39, 0.29) is 18.5 Å². The fourth-order valence-corrected chi connectivity index (χ4v) is 1.76. The van der Waals surface area contributed by atoms with Crippen LogP contribution in [0.4, 0.5) is 4.79 Å². The molecular weight excluding hydrogens is 244 g/mol. The SMILES string of the molecule is CC(C)OC(=O)NS(=O)(=O)N(C)CCCl. The molecule has 0 aliphatic rings. The Morgan fingerprint density at radius 1 is 1.53 bits per heavy atom. The molecule has 0 bridgehead atoms. The third kappa shape index (κ3) is 5.81. The maximum atomic E-state index is 11.4. The zero-order valence-electron chi connectivity index (χ0n) is 8.86. The van der Waals surface area contributed by atoms with Crippen molar-refractivity contribution < 1.29 is 17.9 Å². The van der Waals surface area contributed by atoms with Crippen molar-refractivity contribution in [1.82, 2.24) is 9.03 Å². The van der Waals surface area contributed by atoms with Gasteiger partial charge in [-0.25, -0.2) is 9.52 Å². The molecule has 0 unspecified atom stereocenters. The first-order valence-electron chi connectivity index (χ1n) is 4.30. The van der Waals surface area contributed by atoms with Gasteiger partial charge in [-0.1, -0.05) is 0 Å². The van der Waals surface area contributed by atoms with Gasteiger partial charge in [0.1, 0.15) is 0 Å². The first-order valence-corrected chi connectivity index (χ1v) is 6.27. The smallest absolute Gasteiger partial charge is 0.422 e. The first-order chi connectivity index (χ1) is 6.79. The van der Waals surface area contributed by atoms with Crippen LogP contribution in [0.5, 0.6) is 0 Å². The van der Waals surface area contributed by atoms with Crippen LogP contribution in [0.3, 0.4) is 0 Å². The highest BCUT2D eigenvalue weighted by molar-refractivity contribution is 7.87. The molecule has 90 valence electrons. The lowest BCUT2D eigenvalue weighted by atomic mass is 10.5.